The molecule has 0 bridgehead atoms. The molecule has 2 rings (SSSR count). The predicted octanol–water partition coefficient (Wildman–Crippen LogP) is 1.37. The van der Waals surface area contributed by atoms with Crippen molar-refractivity contribution in [3.05, 3.63) is 0 Å². The molecule has 1 amide bonds. The van der Waals surface area contributed by atoms with E-state index in [9.17, 15) is 13.6 Å². The first-order chi connectivity index (χ1) is 6.09. The van der Waals surface area contributed by atoms with Gasteiger partial charge < -0.3 is 4.90 Å². The summed E-state index contributed by atoms with van der Waals surface area (Å²) in [4.78, 5) is 13.0. The highest BCUT2D eigenvalue weighted by molar-refractivity contribution is 5.82. The van der Waals surface area contributed by atoms with Crippen LogP contribution in [0.1, 0.15) is 13.3 Å². The van der Waals surface area contributed by atoms with Crippen LogP contribution in [0.15, 0.2) is 0 Å². The van der Waals surface area contributed by atoms with Crippen molar-refractivity contribution in [1.82, 2.24) is 4.90 Å². The lowest BCUT2D eigenvalue weighted by atomic mass is 10.00. The quantitative estimate of drug-likeness (QED) is 0.642. The molecule has 0 unspecified atom stereocenters. The van der Waals surface area contributed by atoms with Gasteiger partial charge in [0.1, 0.15) is 0 Å². The van der Waals surface area contributed by atoms with E-state index in [4.69, 9.17) is 0 Å². The van der Waals surface area contributed by atoms with Crippen molar-refractivity contribution < 1.29 is 13.6 Å². The van der Waals surface area contributed by atoms with Crippen LogP contribution in [-0.2, 0) is 4.79 Å². The number of carbonyl (C=O) groups is 1. The number of hydrogen-bond donors (Lipinski definition) is 0. The van der Waals surface area contributed by atoms with Crippen LogP contribution in [0.5, 0.6) is 0 Å². The van der Waals surface area contributed by atoms with Crippen molar-refractivity contribution in [2.45, 2.75) is 19.8 Å². The number of rotatable bonds is 2. The van der Waals surface area contributed by atoms with Crippen LogP contribution in [0.25, 0.3) is 0 Å². The molecule has 4 heteroatoms. The van der Waals surface area contributed by atoms with E-state index in [1.807, 2.05) is 6.92 Å². The van der Waals surface area contributed by atoms with Crippen LogP contribution in [0, 0.1) is 17.8 Å². The first-order valence-corrected chi connectivity index (χ1v) is 4.66. The number of alkyl halides is 2. The topological polar surface area (TPSA) is 20.3 Å². The minimum atomic E-state index is -2.26. The third-order valence-corrected chi connectivity index (χ3v) is 3.00. The van der Waals surface area contributed by atoms with E-state index in [1.165, 1.54) is 0 Å². The van der Waals surface area contributed by atoms with E-state index in [0.717, 1.165) is 6.42 Å². The summed E-state index contributed by atoms with van der Waals surface area (Å²) in [6.45, 7) is 2.55. The fraction of sp³-hybridized carbons (Fsp3) is 0.889. The van der Waals surface area contributed by atoms with Crippen molar-refractivity contribution in [2.24, 2.45) is 17.8 Å². The summed E-state index contributed by atoms with van der Waals surface area (Å²) in [6.07, 6.45) is -1.32. The summed E-state index contributed by atoms with van der Waals surface area (Å²) >= 11 is 0. The molecule has 74 valence electrons. The first-order valence-electron chi connectivity index (χ1n) is 4.66. The lowest BCUT2D eigenvalue weighted by molar-refractivity contribution is -0.143. The molecule has 0 aromatic carbocycles. The van der Waals surface area contributed by atoms with Gasteiger partial charge in [-0.15, -0.1) is 0 Å². The van der Waals surface area contributed by atoms with Crippen molar-refractivity contribution in [3.63, 3.8) is 0 Å². The number of nitrogens with zero attached hydrogens (tertiary/aromatic N) is 1. The third kappa shape index (κ3) is 1.54. The van der Waals surface area contributed by atoms with Gasteiger partial charge in [-0.3, -0.25) is 4.79 Å². The molecular weight excluding hydrogens is 176 g/mol. The monoisotopic (exact) mass is 189 g/mol. The molecule has 0 aromatic rings. The Labute approximate surface area is 75.9 Å². The lowest BCUT2D eigenvalue weighted by Gasteiger charge is -2.38. The van der Waals surface area contributed by atoms with Gasteiger partial charge in [-0.2, -0.15) is 0 Å². The summed E-state index contributed by atoms with van der Waals surface area (Å²) in [5, 5.41) is 0. The molecule has 13 heavy (non-hydrogen) atoms. The Morgan fingerprint density at radius 3 is 2.38 bits per heavy atom. The Kier molecular flexibility index (Phi) is 2.00. The molecule has 0 radical (unpaired) electrons. The summed E-state index contributed by atoms with van der Waals surface area (Å²) in [5.74, 6) is 0.124. The second-order valence-corrected chi connectivity index (χ2v) is 4.16. The Morgan fingerprint density at radius 2 is 2.00 bits per heavy atom. The van der Waals surface area contributed by atoms with Crippen LogP contribution in [0.2, 0.25) is 0 Å². The van der Waals surface area contributed by atoms with Crippen molar-refractivity contribution >= 4 is 5.91 Å². The second-order valence-electron chi connectivity index (χ2n) is 4.16. The van der Waals surface area contributed by atoms with Crippen LogP contribution in [-0.4, -0.2) is 30.3 Å². The molecule has 1 heterocycles. The fourth-order valence-corrected chi connectivity index (χ4v) is 1.75. The van der Waals surface area contributed by atoms with E-state index in [-0.39, 0.29) is 24.9 Å². The molecule has 1 saturated heterocycles. The van der Waals surface area contributed by atoms with Gasteiger partial charge in [0.15, 0.2) is 0 Å². The normalized spacial score (nSPS) is 33.4. The Hall–Kier alpha value is -0.670. The van der Waals surface area contributed by atoms with E-state index in [1.54, 1.807) is 4.90 Å². The number of likely N-dealkylation sites (tertiary alicyclic amines) is 1. The molecule has 1 aliphatic heterocycles. The summed E-state index contributed by atoms with van der Waals surface area (Å²) in [5.41, 5.74) is 0. The molecule has 0 N–H and O–H groups in total. The van der Waals surface area contributed by atoms with Crippen LogP contribution < -0.4 is 0 Å². The van der Waals surface area contributed by atoms with Crippen LogP contribution in [0.3, 0.4) is 0 Å². The Morgan fingerprint density at radius 1 is 1.46 bits per heavy atom. The van der Waals surface area contributed by atoms with Gasteiger partial charge in [0, 0.05) is 19.0 Å². The highest BCUT2D eigenvalue weighted by atomic mass is 19.3. The Balaban J connectivity index is 1.77. The minimum absolute atomic E-state index is 0.0874. The number of carbonyl (C=O) groups excluding carboxylic acids is 1. The Bertz CT molecular complexity index is 226. The van der Waals surface area contributed by atoms with Gasteiger partial charge in [0.05, 0.1) is 5.92 Å². The van der Waals surface area contributed by atoms with E-state index in [2.05, 4.69) is 0 Å². The maximum atomic E-state index is 12.1. The average Bonchev–Trinajstić information content (AvgIpc) is 2.62. The average molecular weight is 189 g/mol. The molecule has 2 fully saturated rings. The second kappa shape index (κ2) is 2.93. The molecule has 2 nitrogen and oxygen atoms in total. The van der Waals surface area contributed by atoms with Gasteiger partial charge in [-0.25, -0.2) is 8.78 Å². The number of halogens is 2. The van der Waals surface area contributed by atoms with Gasteiger partial charge in [-0.1, -0.05) is 6.92 Å². The summed E-state index contributed by atoms with van der Waals surface area (Å²) < 4.78 is 24.1. The van der Waals surface area contributed by atoms with E-state index in [0.29, 0.717) is 5.92 Å². The fourth-order valence-electron chi connectivity index (χ4n) is 1.75. The highest BCUT2D eigenvalue weighted by Gasteiger charge is 2.46. The largest absolute Gasteiger partial charge is 0.341 e. The maximum absolute atomic E-state index is 12.1. The minimum Gasteiger partial charge on any atom is -0.341 e. The molecule has 2 atom stereocenters. The smallest absolute Gasteiger partial charge is 0.244 e. The van der Waals surface area contributed by atoms with Crippen molar-refractivity contribution in [2.75, 3.05) is 13.1 Å². The molecule has 1 aliphatic carbocycles. The van der Waals surface area contributed by atoms with Crippen LogP contribution >= 0.6 is 0 Å². The maximum Gasteiger partial charge on any atom is 0.244 e. The summed E-state index contributed by atoms with van der Waals surface area (Å²) in [7, 11) is 0. The van der Waals surface area contributed by atoms with Crippen molar-refractivity contribution in [1.29, 1.82) is 0 Å². The molecular formula is C9H13F2NO. The van der Waals surface area contributed by atoms with Crippen molar-refractivity contribution in [3.8, 4) is 0 Å². The highest BCUT2D eigenvalue weighted by Crippen LogP contribution is 2.40. The SMILES string of the molecule is C[C@H]1C[C@@H]1C(=O)N1CC(C(F)F)C1. The van der Waals surface area contributed by atoms with E-state index >= 15 is 0 Å². The zero-order chi connectivity index (χ0) is 9.59. The van der Waals surface area contributed by atoms with Gasteiger partial charge in [0.2, 0.25) is 12.3 Å². The molecule has 0 spiro atoms. The predicted molar refractivity (Wildman–Crippen MR) is 43.3 cm³/mol. The van der Waals surface area contributed by atoms with Gasteiger partial charge in [-0.05, 0) is 12.3 Å². The molecule has 1 saturated carbocycles. The van der Waals surface area contributed by atoms with Crippen LogP contribution in [0.4, 0.5) is 8.78 Å². The number of amides is 1. The summed E-state index contributed by atoms with van der Waals surface area (Å²) in [6, 6.07) is 0. The third-order valence-electron chi connectivity index (χ3n) is 3.00. The zero-order valence-corrected chi connectivity index (χ0v) is 7.54. The number of hydrogen-bond acceptors (Lipinski definition) is 1. The first kappa shape index (κ1) is 8.91. The zero-order valence-electron chi connectivity index (χ0n) is 7.54. The van der Waals surface area contributed by atoms with Gasteiger partial charge in [0.25, 0.3) is 0 Å². The standard InChI is InChI=1S/C9H13F2NO/c1-5-2-7(5)9(13)12-3-6(4-12)8(10)11/h5-8H,2-4H2,1H3/t5-,7-/m0/s1. The van der Waals surface area contributed by atoms with E-state index < -0.39 is 12.3 Å². The lowest BCUT2D eigenvalue weighted by Crippen LogP contribution is -2.53. The van der Waals surface area contributed by atoms with Gasteiger partial charge >= 0.3 is 0 Å². The molecule has 0 aromatic heterocycles. The molecule has 2 aliphatic rings.